The highest BCUT2D eigenvalue weighted by molar-refractivity contribution is 5.96. The zero-order chi connectivity index (χ0) is 21.5. The molecular weight excluding hydrogens is 370 g/mol. The summed E-state index contributed by atoms with van der Waals surface area (Å²) in [5.41, 5.74) is -2.07. The van der Waals surface area contributed by atoms with Crippen LogP contribution in [0, 0.1) is 27.4 Å². The predicted octanol–water partition coefficient (Wildman–Crippen LogP) is 2.21. The van der Waals surface area contributed by atoms with E-state index in [9.17, 15) is 25.0 Å². The molecule has 0 aliphatic carbocycles. The Labute approximate surface area is 162 Å². The van der Waals surface area contributed by atoms with Crippen LogP contribution in [0.2, 0.25) is 0 Å². The molecule has 0 saturated carbocycles. The number of carbonyl (C=O) groups excluding carboxylic acids is 2. The summed E-state index contributed by atoms with van der Waals surface area (Å²) in [5.74, 6) is -1.75. The largest absolute Gasteiger partial charge is 0.493 e. The fourth-order valence-electron chi connectivity index (χ4n) is 2.13. The van der Waals surface area contributed by atoms with Gasteiger partial charge in [-0.25, -0.2) is 4.79 Å². The average molecular weight is 393 g/mol. The standard InChI is InChI=1S/C18H23N3O7/c1-6-27-15-8-13(21(24)25)12(7-14(15)26-5)17(23)28-9-16(22)20-18(4,10-19)11(2)3/h7-8,11H,6,9H2,1-5H3,(H,20,22)/t18-/m1/s1. The molecule has 0 fully saturated rings. The third-order valence-corrected chi connectivity index (χ3v) is 4.12. The van der Waals surface area contributed by atoms with E-state index >= 15 is 0 Å². The van der Waals surface area contributed by atoms with Crippen molar-refractivity contribution < 1.29 is 28.7 Å². The fourth-order valence-corrected chi connectivity index (χ4v) is 2.13. The summed E-state index contributed by atoms with van der Waals surface area (Å²) >= 11 is 0. The van der Waals surface area contributed by atoms with E-state index in [2.05, 4.69) is 5.32 Å². The maximum Gasteiger partial charge on any atom is 0.345 e. The molecule has 0 aliphatic rings. The maximum absolute atomic E-state index is 12.3. The van der Waals surface area contributed by atoms with E-state index in [0.29, 0.717) is 0 Å². The van der Waals surface area contributed by atoms with Crippen LogP contribution in [0.5, 0.6) is 11.5 Å². The minimum atomic E-state index is -1.14. The molecule has 0 unspecified atom stereocenters. The number of nitro benzene ring substituents is 1. The van der Waals surface area contributed by atoms with E-state index in [1.54, 1.807) is 27.7 Å². The van der Waals surface area contributed by atoms with Gasteiger partial charge in [0.25, 0.3) is 11.6 Å². The minimum Gasteiger partial charge on any atom is -0.493 e. The van der Waals surface area contributed by atoms with Crippen molar-refractivity contribution in [1.29, 1.82) is 5.26 Å². The second kappa shape index (κ2) is 9.55. The van der Waals surface area contributed by atoms with E-state index in [0.717, 1.165) is 12.1 Å². The predicted molar refractivity (Wildman–Crippen MR) is 98.1 cm³/mol. The van der Waals surface area contributed by atoms with Crippen LogP contribution in [0.4, 0.5) is 5.69 Å². The SMILES string of the molecule is CCOc1cc([N+](=O)[O-])c(C(=O)OCC(=O)N[C@](C)(C#N)C(C)C)cc1OC. The number of methoxy groups -OCH3 is 1. The van der Waals surface area contributed by atoms with Gasteiger partial charge in [0.15, 0.2) is 18.1 Å². The van der Waals surface area contributed by atoms with Gasteiger partial charge in [0, 0.05) is 6.07 Å². The quantitative estimate of drug-likeness (QED) is 0.382. The molecular formula is C18H23N3O7. The Hall–Kier alpha value is -3.35. The highest BCUT2D eigenvalue weighted by atomic mass is 16.6. The lowest BCUT2D eigenvalue weighted by atomic mass is 9.90. The normalized spacial score (nSPS) is 12.5. The minimum absolute atomic E-state index is 0.104. The third kappa shape index (κ3) is 5.33. The van der Waals surface area contributed by atoms with Crippen LogP contribution in [-0.4, -0.2) is 42.7 Å². The number of hydrogen-bond donors (Lipinski definition) is 1. The molecule has 1 N–H and O–H groups in total. The Morgan fingerprint density at radius 1 is 1.36 bits per heavy atom. The first kappa shape index (κ1) is 22.7. The molecule has 1 rings (SSSR count). The van der Waals surface area contributed by atoms with Crippen LogP contribution in [-0.2, 0) is 9.53 Å². The van der Waals surface area contributed by atoms with Crippen molar-refractivity contribution in [2.75, 3.05) is 20.3 Å². The van der Waals surface area contributed by atoms with Gasteiger partial charge in [0.2, 0.25) is 0 Å². The molecule has 1 aromatic carbocycles. The summed E-state index contributed by atoms with van der Waals surface area (Å²) in [6.45, 7) is 6.29. The van der Waals surface area contributed by atoms with Gasteiger partial charge in [-0.05, 0) is 19.8 Å². The number of hydrogen-bond acceptors (Lipinski definition) is 8. The van der Waals surface area contributed by atoms with Crippen molar-refractivity contribution in [3.63, 3.8) is 0 Å². The highest BCUT2D eigenvalue weighted by Gasteiger charge is 2.31. The summed E-state index contributed by atoms with van der Waals surface area (Å²) in [5, 5.41) is 23.0. The van der Waals surface area contributed by atoms with E-state index < -0.39 is 34.6 Å². The molecule has 0 bridgehead atoms. The smallest absolute Gasteiger partial charge is 0.345 e. The fraction of sp³-hybridized carbons (Fsp3) is 0.500. The zero-order valence-electron chi connectivity index (χ0n) is 16.4. The maximum atomic E-state index is 12.3. The van der Waals surface area contributed by atoms with E-state index in [-0.39, 0.29) is 29.6 Å². The lowest BCUT2D eigenvalue weighted by molar-refractivity contribution is -0.385. The van der Waals surface area contributed by atoms with E-state index in [1.807, 2.05) is 6.07 Å². The molecule has 152 valence electrons. The van der Waals surface area contributed by atoms with Gasteiger partial charge in [-0.15, -0.1) is 0 Å². The topological polar surface area (TPSA) is 141 Å². The Morgan fingerprint density at radius 3 is 2.46 bits per heavy atom. The molecule has 1 aromatic rings. The molecule has 0 aliphatic heterocycles. The molecule has 0 aromatic heterocycles. The van der Waals surface area contributed by atoms with Crippen molar-refractivity contribution in [2.24, 2.45) is 5.92 Å². The first-order valence-corrected chi connectivity index (χ1v) is 8.48. The van der Waals surface area contributed by atoms with Crippen molar-refractivity contribution in [2.45, 2.75) is 33.2 Å². The molecule has 1 amide bonds. The van der Waals surface area contributed by atoms with Crippen LogP contribution in [0.3, 0.4) is 0 Å². The number of nitrogens with one attached hydrogen (secondary N) is 1. The second-order valence-electron chi connectivity index (χ2n) is 6.30. The Balaban J connectivity index is 3.02. The van der Waals surface area contributed by atoms with Crippen LogP contribution >= 0.6 is 0 Å². The van der Waals surface area contributed by atoms with Gasteiger partial charge >= 0.3 is 5.97 Å². The molecule has 1 atom stereocenters. The molecule has 10 nitrogen and oxygen atoms in total. The summed E-state index contributed by atoms with van der Waals surface area (Å²) in [4.78, 5) is 34.9. The Bertz CT molecular complexity index is 801. The van der Waals surface area contributed by atoms with E-state index in [4.69, 9.17) is 14.2 Å². The molecule has 0 saturated heterocycles. The summed E-state index contributed by atoms with van der Waals surface area (Å²) in [6, 6.07) is 4.18. The lowest BCUT2D eigenvalue weighted by Gasteiger charge is -2.27. The first-order chi connectivity index (χ1) is 13.1. The average Bonchev–Trinajstić information content (AvgIpc) is 2.65. The summed E-state index contributed by atoms with van der Waals surface area (Å²) in [7, 11) is 1.32. The third-order valence-electron chi connectivity index (χ3n) is 4.12. The molecule has 0 heterocycles. The van der Waals surface area contributed by atoms with Crippen LogP contribution in [0.1, 0.15) is 38.1 Å². The van der Waals surface area contributed by atoms with Gasteiger partial charge in [-0.1, -0.05) is 13.8 Å². The number of ether oxygens (including phenoxy) is 3. The van der Waals surface area contributed by atoms with Crippen LogP contribution in [0.15, 0.2) is 12.1 Å². The molecule has 0 spiro atoms. The number of nitrogens with zero attached hydrogens (tertiary/aromatic N) is 2. The van der Waals surface area contributed by atoms with Crippen molar-refractivity contribution in [3.8, 4) is 17.6 Å². The second-order valence-corrected chi connectivity index (χ2v) is 6.30. The van der Waals surface area contributed by atoms with Crippen molar-refractivity contribution >= 4 is 17.6 Å². The van der Waals surface area contributed by atoms with E-state index in [1.165, 1.54) is 7.11 Å². The number of nitro groups is 1. The van der Waals surface area contributed by atoms with Crippen LogP contribution in [0.25, 0.3) is 0 Å². The molecule has 10 heteroatoms. The number of nitriles is 1. The molecule has 0 radical (unpaired) electrons. The van der Waals surface area contributed by atoms with Crippen LogP contribution < -0.4 is 14.8 Å². The zero-order valence-corrected chi connectivity index (χ0v) is 16.4. The Morgan fingerprint density at radius 2 is 2.00 bits per heavy atom. The van der Waals surface area contributed by atoms with Crippen molar-refractivity contribution in [3.05, 3.63) is 27.8 Å². The Kier molecular flexibility index (Phi) is 7.74. The highest BCUT2D eigenvalue weighted by Crippen LogP contribution is 2.35. The van der Waals surface area contributed by atoms with Gasteiger partial charge in [0.1, 0.15) is 11.1 Å². The van der Waals surface area contributed by atoms with Gasteiger partial charge in [-0.2, -0.15) is 5.26 Å². The molecule has 28 heavy (non-hydrogen) atoms. The summed E-state index contributed by atoms with van der Waals surface area (Å²) < 4.78 is 15.2. The number of benzene rings is 1. The lowest BCUT2D eigenvalue weighted by Crippen LogP contribution is -2.50. The summed E-state index contributed by atoms with van der Waals surface area (Å²) in [6.07, 6.45) is 0. The van der Waals surface area contributed by atoms with Gasteiger partial charge < -0.3 is 19.5 Å². The number of rotatable bonds is 9. The number of esters is 1. The van der Waals surface area contributed by atoms with Gasteiger partial charge in [0.05, 0.1) is 30.8 Å². The first-order valence-electron chi connectivity index (χ1n) is 8.48. The van der Waals surface area contributed by atoms with Crippen molar-refractivity contribution in [1.82, 2.24) is 5.32 Å². The van der Waals surface area contributed by atoms with Gasteiger partial charge in [-0.3, -0.25) is 14.9 Å². The number of carbonyl (C=O) groups is 2. The number of amides is 1. The monoisotopic (exact) mass is 393 g/mol.